The molecule has 0 spiro atoms. The molecule has 4 heteroatoms. The Labute approximate surface area is 214 Å². The van der Waals surface area contributed by atoms with Gasteiger partial charge in [0.25, 0.3) is 0 Å². The molecule has 3 fully saturated rings. The Bertz CT molecular complexity index is 708. The van der Waals surface area contributed by atoms with Crippen LogP contribution >= 0.6 is 0 Å². The predicted octanol–water partition coefficient (Wildman–Crippen LogP) is 6.46. The summed E-state index contributed by atoms with van der Waals surface area (Å²) in [5, 5.41) is 40.7. The molecule has 0 amide bonds. The zero-order chi connectivity index (χ0) is 25.9. The van der Waals surface area contributed by atoms with Crippen molar-refractivity contribution in [1.82, 2.24) is 0 Å². The fourth-order valence-corrected chi connectivity index (χ4v) is 7.72. The molecule has 4 N–H and O–H groups in total. The lowest BCUT2D eigenvalue weighted by Crippen LogP contribution is -2.37. The van der Waals surface area contributed by atoms with Gasteiger partial charge in [-0.15, -0.1) is 0 Å². The lowest BCUT2D eigenvalue weighted by Gasteiger charge is -2.45. The van der Waals surface area contributed by atoms with Crippen molar-refractivity contribution in [2.24, 2.45) is 23.2 Å². The minimum Gasteiger partial charge on any atom is -0.393 e. The highest BCUT2D eigenvalue weighted by molar-refractivity contribution is 5.26. The third-order valence-corrected chi connectivity index (χ3v) is 9.41. The maximum absolute atomic E-state index is 10.3. The molecule has 3 saturated carbocycles. The Balaban J connectivity index is 1.73. The molecule has 3 aliphatic rings. The molecule has 0 saturated heterocycles. The number of rotatable bonds is 10. The summed E-state index contributed by atoms with van der Waals surface area (Å²) in [7, 11) is 0. The van der Waals surface area contributed by atoms with Gasteiger partial charge in [0.15, 0.2) is 0 Å². The summed E-state index contributed by atoms with van der Waals surface area (Å²) in [6, 6.07) is 0. The molecule has 0 aromatic carbocycles. The molecule has 0 aromatic heterocycles. The smallest absolute Gasteiger partial charge is 0.0602 e. The summed E-state index contributed by atoms with van der Waals surface area (Å²) in [6.45, 7) is 10.2. The first-order chi connectivity index (χ1) is 16.3. The molecule has 3 aliphatic carbocycles. The van der Waals surface area contributed by atoms with Crippen molar-refractivity contribution in [2.45, 2.75) is 148 Å². The second-order valence-corrected chi connectivity index (χ2v) is 13.8. The van der Waals surface area contributed by atoms with Gasteiger partial charge in [0.05, 0.1) is 23.4 Å². The van der Waals surface area contributed by atoms with Gasteiger partial charge in [0, 0.05) is 0 Å². The van der Waals surface area contributed by atoms with Gasteiger partial charge < -0.3 is 20.4 Å². The van der Waals surface area contributed by atoms with Crippen LogP contribution in [0.25, 0.3) is 0 Å². The topological polar surface area (TPSA) is 80.9 Å². The third-order valence-electron chi connectivity index (χ3n) is 9.41. The summed E-state index contributed by atoms with van der Waals surface area (Å²) in [5.74, 6) is 1.98. The minimum atomic E-state index is -0.603. The van der Waals surface area contributed by atoms with E-state index in [1.807, 2.05) is 27.7 Å². The Kier molecular flexibility index (Phi) is 9.73. The monoisotopic (exact) mass is 490 g/mol. The van der Waals surface area contributed by atoms with Gasteiger partial charge >= 0.3 is 0 Å². The largest absolute Gasteiger partial charge is 0.393 e. The molecule has 0 bridgehead atoms. The highest BCUT2D eigenvalue weighted by atomic mass is 16.3. The minimum absolute atomic E-state index is 0.322. The zero-order valence-corrected chi connectivity index (χ0v) is 23.2. The molecule has 0 aliphatic heterocycles. The molecule has 0 aromatic rings. The molecule has 202 valence electrons. The van der Waals surface area contributed by atoms with E-state index in [9.17, 15) is 20.4 Å². The Morgan fingerprint density at radius 3 is 2.03 bits per heavy atom. The van der Waals surface area contributed by atoms with Gasteiger partial charge in [-0.1, -0.05) is 55.9 Å². The van der Waals surface area contributed by atoms with Crippen molar-refractivity contribution < 1.29 is 20.4 Å². The van der Waals surface area contributed by atoms with Gasteiger partial charge in [-0.2, -0.15) is 0 Å². The fourth-order valence-electron chi connectivity index (χ4n) is 7.72. The molecule has 1 unspecified atom stereocenters. The average Bonchev–Trinajstić information content (AvgIpc) is 3.06. The Morgan fingerprint density at radius 2 is 1.49 bits per heavy atom. The molecule has 0 heterocycles. The summed E-state index contributed by atoms with van der Waals surface area (Å²) in [5.41, 5.74) is 1.88. The van der Waals surface area contributed by atoms with Gasteiger partial charge in [0.1, 0.15) is 0 Å². The van der Waals surface area contributed by atoms with Gasteiger partial charge in [-0.25, -0.2) is 0 Å². The Morgan fingerprint density at radius 1 is 0.914 bits per heavy atom. The van der Waals surface area contributed by atoms with Crippen molar-refractivity contribution in [3.8, 4) is 0 Å². The van der Waals surface area contributed by atoms with E-state index in [1.54, 1.807) is 5.57 Å². The standard InChI is InChI=1S/C31H54O4/c1-29(2,34)16-6-9-23(10-7-17-30(3,4)35)27-14-15-28-24(11-8-18-31(27,28)5)13-12-22-19-25(32)21-26(33)20-22/h12-13,23,25-28,32-35H,6-11,14-21H2,1-5H3/t25-,26-,27-,28?,31-/m1/s1. The zero-order valence-electron chi connectivity index (χ0n) is 23.2. The van der Waals surface area contributed by atoms with E-state index in [0.717, 1.165) is 25.7 Å². The quantitative estimate of drug-likeness (QED) is 0.283. The molecule has 35 heavy (non-hydrogen) atoms. The van der Waals surface area contributed by atoms with E-state index in [1.165, 1.54) is 50.5 Å². The van der Waals surface area contributed by atoms with E-state index < -0.39 is 23.4 Å². The lowest BCUT2D eigenvalue weighted by atomic mass is 9.60. The van der Waals surface area contributed by atoms with Crippen LogP contribution in [-0.2, 0) is 0 Å². The van der Waals surface area contributed by atoms with Crippen LogP contribution in [0.3, 0.4) is 0 Å². The second-order valence-electron chi connectivity index (χ2n) is 13.8. The van der Waals surface area contributed by atoms with Crippen LogP contribution in [0.5, 0.6) is 0 Å². The van der Waals surface area contributed by atoms with Crippen molar-refractivity contribution in [2.75, 3.05) is 0 Å². The number of aliphatic hydroxyl groups is 4. The van der Waals surface area contributed by atoms with Crippen molar-refractivity contribution in [1.29, 1.82) is 0 Å². The highest BCUT2D eigenvalue weighted by Crippen LogP contribution is 2.60. The van der Waals surface area contributed by atoms with Gasteiger partial charge in [-0.05, 0) is 115 Å². The molecular formula is C31H54O4. The Hall–Kier alpha value is -0.680. The number of hydrogen-bond donors (Lipinski definition) is 4. The number of aliphatic hydroxyl groups excluding tert-OH is 2. The van der Waals surface area contributed by atoms with Gasteiger partial charge in [-0.3, -0.25) is 0 Å². The lowest BCUT2D eigenvalue weighted by molar-refractivity contribution is 0.0479. The van der Waals surface area contributed by atoms with Crippen LogP contribution in [0.4, 0.5) is 0 Å². The number of fused-ring (bicyclic) bond motifs is 1. The third kappa shape index (κ3) is 8.42. The van der Waals surface area contributed by atoms with Crippen LogP contribution < -0.4 is 0 Å². The van der Waals surface area contributed by atoms with Crippen LogP contribution in [0.15, 0.2) is 23.3 Å². The van der Waals surface area contributed by atoms with E-state index in [0.29, 0.717) is 42.4 Å². The first-order valence-corrected chi connectivity index (χ1v) is 14.5. The van der Waals surface area contributed by atoms with Crippen LogP contribution in [-0.4, -0.2) is 43.8 Å². The summed E-state index contributed by atoms with van der Waals surface area (Å²) < 4.78 is 0. The molecule has 5 atom stereocenters. The maximum Gasteiger partial charge on any atom is 0.0602 e. The van der Waals surface area contributed by atoms with Crippen LogP contribution in [0.1, 0.15) is 125 Å². The fraction of sp³-hybridized carbons (Fsp3) is 0.871. The molecular weight excluding hydrogens is 436 g/mol. The highest BCUT2D eigenvalue weighted by Gasteiger charge is 2.51. The van der Waals surface area contributed by atoms with Crippen molar-refractivity contribution >= 4 is 0 Å². The van der Waals surface area contributed by atoms with Crippen LogP contribution in [0.2, 0.25) is 0 Å². The maximum atomic E-state index is 10.3. The van der Waals surface area contributed by atoms with Crippen molar-refractivity contribution in [3.63, 3.8) is 0 Å². The normalized spacial score (nSPS) is 33.4. The van der Waals surface area contributed by atoms with E-state index in [-0.39, 0.29) is 0 Å². The average molecular weight is 491 g/mol. The summed E-state index contributed by atoms with van der Waals surface area (Å²) >= 11 is 0. The summed E-state index contributed by atoms with van der Waals surface area (Å²) in [6.07, 6.45) is 18.0. The van der Waals surface area contributed by atoms with E-state index >= 15 is 0 Å². The van der Waals surface area contributed by atoms with Crippen LogP contribution in [0, 0.1) is 23.2 Å². The molecule has 3 rings (SSSR count). The molecule has 4 nitrogen and oxygen atoms in total. The number of allylic oxidation sites excluding steroid dienone is 3. The summed E-state index contributed by atoms with van der Waals surface area (Å²) in [4.78, 5) is 0. The first kappa shape index (κ1) is 28.9. The SMILES string of the molecule is CC(C)(O)CCCC(CCCC(C)(C)O)[C@H]1CCC2C(=CC=C3C[C@@H](O)C[C@H](O)C3)CCC[C@@]21C. The van der Waals surface area contributed by atoms with Crippen molar-refractivity contribution in [3.05, 3.63) is 23.3 Å². The van der Waals surface area contributed by atoms with E-state index in [2.05, 4.69) is 19.1 Å². The van der Waals surface area contributed by atoms with E-state index in [4.69, 9.17) is 0 Å². The second kappa shape index (κ2) is 11.8. The number of hydrogen-bond acceptors (Lipinski definition) is 4. The molecule has 0 radical (unpaired) electrons. The van der Waals surface area contributed by atoms with Gasteiger partial charge in [0.2, 0.25) is 0 Å². The first-order valence-electron chi connectivity index (χ1n) is 14.5. The predicted molar refractivity (Wildman–Crippen MR) is 144 cm³/mol.